The second-order valence-electron chi connectivity index (χ2n) is 9.12. The molecule has 0 saturated heterocycles. The molecule has 4 rings (SSSR count). The summed E-state index contributed by atoms with van der Waals surface area (Å²) in [6.45, 7) is 2.28. The highest BCUT2D eigenvalue weighted by atomic mass is 19.4. The molecule has 0 aliphatic rings. The lowest BCUT2D eigenvalue weighted by Crippen LogP contribution is -2.32. The average Bonchev–Trinajstić information content (AvgIpc) is 2.95. The van der Waals surface area contributed by atoms with Crippen LogP contribution in [0.25, 0.3) is 0 Å². The normalized spacial score (nSPS) is 11.1. The van der Waals surface area contributed by atoms with Crippen LogP contribution in [0.15, 0.2) is 79.1 Å². The van der Waals surface area contributed by atoms with Gasteiger partial charge in [0.2, 0.25) is 0 Å². The Labute approximate surface area is 233 Å². The molecule has 0 saturated carbocycles. The van der Waals surface area contributed by atoms with Gasteiger partial charge in [0, 0.05) is 36.6 Å². The Hall–Kier alpha value is -5.00. The topological polar surface area (TPSA) is 99.2 Å². The summed E-state index contributed by atoms with van der Waals surface area (Å²) in [4.78, 5) is 35.2. The van der Waals surface area contributed by atoms with Crippen molar-refractivity contribution in [2.75, 3.05) is 34.4 Å². The van der Waals surface area contributed by atoms with Crippen LogP contribution in [0, 0.1) is 12.7 Å². The largest absolute Gasteiger partial charge is 0.416 e. The Morgan fingerprint density at radius 3 is 2.41 bits per heavy atom. The molecule has 0 atom stereocenters. The monoisotopic (exact) mass is 566 g/mol. The van der Waals surface area contributed by atoms with Crippen molar-refractivity contribution in [1.82, 2.24) is 9.97 Å². The number of anilines is 4. The highest BCUT2D eigenvalue weighted by Crippen LogP contribution is 2.30. The predicted molar refractivity (Wildman–Crippen MR) is 149 cm³/mol. The number of rotatable bonds is 8. The molecule has 8 nitrogen and oxygen atoms in total. The van der Waals surface area contributed by atoms with Crippen LogP contribution in [0.3, 0.4) is 0 Å². The van der Waals surface area contributed by atoms with E-state index in [4.69, 9.17) is 0 Å². The van der Waals surface area contributed by atoms with Gasteiger partial charge in [-0.1, -0.05) is 24.3 Å². The van der Waals surface area contributed by atoms with Crippen molar-refractivity contribution in [1.29, 1.82) is 0 Å². The van der Waals surface area contributed by atoms with E-state index >= 15 is 0 Å². The van der Waals surface area contributed by atoms with Gasteiger partial charge in [-0.15, -0.1) is 0 Å². The van der Waals surface area contributed by atoms with Crippen LogP contribution in [0.1, 0.15) is 27.0 Å². The Morgan fingerprint density at radius 1 is 0.927 bits per heavy atom. The number of alkyl halides is 3. The van der Waals surface area contributed by atoms with Gasteiger partial charge in [0.1, 0.15) is 23.8 Å². The maximum Gasteiger partial charge on any atom is 0.416 e. The van der Waals surface area contributed by atoms with Crippen molar-refractivity contribution in [3.63, 3.8) is 0 Å². The van der Waals surface area contributed by atoms with E-state index in [0.717, 1.165) is 23.8 Å². The highest BCUT2D eigenvalue weighted by molar-refractivity contribution is 6.05. The molecule has 1 heterocycles. The van der Waals surface area contributed by atoms with Crippen molar-refractivity contribution in [3.05, 3.63) is 107 Å². The second kappa shape index (κ2) is 12.5. The van der Waals surface area contributed by atoms with Crippen LogP contribution in [-0.4, -0.2) is 35.5 Å². The van der Waals surface area contributed by atoms with Crippen molar-refractivity contribution >= 4 is 34.9 Å². The molecule has 12 heteroatoms. The van der Waals surface area contributed by atoms with Gasteiger partial charge in [0.15, 0.2) is 0 Å². The zero-order chi connectivity index (χ0) is 29.6. The van der Waals surface area contributed by atoms with E-state index in [1.165, 1.54) is 42.5 Å². The molecule has 3 amide bonds. The van der Waals surface area contributed by atoms with Crippen molar-refractivity contribution in [2.24, 2.45) is 0 Å². The minimum absolute atomic E-state index is 0.156. The fourth-order valence-electron chi connectivity index (χ4n) is 3.79. The Kier molecular flexibility index (Phi) is 8.81. The summed E-state index contributed by atoms with van der Waals surface area (Å²) < 4.78 is 52.1. The number of nitrogens with zero attached hydrogens (tertiary/aromatic N) is 3. The van der Waals surface area contributed by atoms with Crippen LogP contribution >= 0.6 is 0 Å². The molecule has 41 heavy (non-hydrogen) atoms. The minimum atomic E-state index is -4.58. The third-order valence-electron chi connectivity index (χ3n) is 6.12. The van der Waals surface area contributed by atoms with E-state index in [2.05, 4.69) is 25.9 Å². The molecule has 0 spiro atoms. The van der Waals surface area contributed by atoms with Gasteiger partial charge in [-0.25, -0.2) is 19.2 Å². The highest BCUT2D eigenvalue weighted by Gasteiger charge is 2.31. The summed E-state index contributed by atoms with van der Waals surface area (Å²) in [5.41, 5.74) is 1.22. The molecule has 3 N–H and O–H groups in total. The molecular formula is C29H26F4N6O2. The van der Waals surface area contributed by atoms with Gasteiger partial charge >= 0.3 is 12.2 Å². The molecule has 4 aromatic rings. The molecular weight excluding hydrogens is 540 g/mol. The number of aromatic nitrogens is 2. The first kappa shape index (κ1) is 29.0. The van der Waals surface area contributed by atoms with Crippen LogP contribution in [0.2, 0.25) is 0 Å². The molecule has 0 bridgehead atoms. The number of aryl methyl sites for hydroxylation is 1. The molecule has 212 valence electrons. The molecule has 1 aromatic heterocycles. The van der Waals surface area contributed by atoms with Crippen LogP contribution in [0.5, 0.6) is 0 Å². The number of carbonyl (C=O) groups excluding carboxylic acids is 2. The van der Waals surface area contributed by atoms with E-state index in [9.17, 15) is 27.2 Å². The maximum atomic E-state index is 13.1. The van der Waals surface area contributed by atoms with Gasteiger partial charge in [-0.3, -0.25) is 9.69 Å². The van der Waals surface area contributed by atoms with Crippen molar-refractivity contribution in [3.8, 4) is 0 Å². The van der Waals surface area contributed by atoms with Crippen LogP contribution < -0.4 is 20.9 Å². The van der Waals surface area contributed by atoms with E-state index in [1.54, 1.807) is 37.3 Å². The molecule has 0 fully saturated rings. The first-order valence-electron chi connectivity index (χ1n) is 12.4. The molecule has 0 aliphatic carbocycles. The zero-order valence-electron chi connectivity index (χ0n) is 22.1. The fourth-order valence-corrected chi connectivity index (χ4v) is 3.79. The van der Waals surface area contributed by atoms with Crippen molar-refractivity contribution < 1.29 is 27.2 Å². The molecule has 0 unspecified atom stereocenters. The summed E-state index contributed by atoms with van der Waals surface area (Å²) in [5, 5.41) is 8.46. The number of benzene rings is 3. The third kappa shape index (κ3) is 7.78. The maximum absolute atomic E-state index is 13.1. The van der Waals surface area contributed by atoms with E-state index < -0.39 is 23.7 Å². The number of amides is 3. The zero-order valence-corrected chi connectivity index (χ0v) is 22.1. The first-order chi connectivity index (χ1) is 19.5. The third-order valence-corrected chi connectivity index (χ3v) is 6.12. The summed E-state index contributed by atoms with van der Waals surface area (Å²) in [6.07, 6.45) is -2.63. The molecule has 0 radical (unpaired) electrons. The number of urea groups is 1. The fraction of sp³-hybridized carbons (Fsp3) is 0.172. The van der Waals surface area contributed by atoms with Crippen molar-refractivity contribution in [2.45, 2.75) is 19.5 Å². The minimum Gasteiger partial charge on any atom is -0.370 e. The van der Waals surface area contributed by atoms with Gasteiger partial charge in [0.25, 0.3) is 5.91 Å². The summed E-state index contributed by atoms with van der Waals surface area (Å²) in [5.74, 6) is -0.222. The average molecular weight is 567 g/mol. The number of nitrogens with one attached hydrogen (secondary N) is 3. The lowest BCUT2D eigenvalue weighted by atomic mass is 10.1. The number of halogens is 4. The second-order valence-corrected chi connectivity index (χ2v) is 9.12. The number of hydrogen-bond donors (Lipinski definition) is 3. The Balaban J connectivity index is 1.39. The van der Waals surface area contributed by atoms with E-state index in [0.29, 0.717) is 35.9 Å². The van der Waals surface area contributed by atoms with Gasteiger partial charge in [-0.2, -0.15) is 13.2 Å². The summed E-state index contributed by atoms with van der Waals surface area (Å²) in [6, 6.07) is 16.1. The number of hydrogen-bond acceptors (Lipinski definition) is 5. The quantitative estimate of drug-likeness (QED) is 0.211. The Morgan fingerprint density at radius 2 is 1.68 bits per heavy atom. The van der Waals surface area contributed by atoms with E-state index in [-0.39, 0.29) is 17.1 Å². The smallest absolute Gasteiger partial charge is 0.370 e. The SMILES string of the molecule is Cc1ccc(NC(=O)c2cccc(C(F)(F)F)c2)cc1NC(=O)N(C)c1cc(NCCc2ccc(F)cc2)ncn1. The predicted octanol–water partition coefficient (Wildman–Crippen LogP) is 6.52. The van der Waals surface area contributed by atoms with Gasteiger partial charge < -0.3 is 16.0 Å². The molecule has 0 aliphatic heterocycles. The lowest BCUT2D eigenvalue weighted by molar-refractivity contribution is -0.137. The van der Waals surface area contributed by atoms with E-state index in [1.807, 2.05) is 0 Å². The summed E-state index contributed by atoms with van der Waals surface area (Å²) in [7, 11) is 1.52. The lowest BCUT2D eigenvalue weighted by Gasteiger charge is -2.19. The van der Waals surface area contributed by atoms with Crippen LogP contribution in [-0.2, 0) is 12.6 Å². The first-order valence-corrected chi connectivity index (χ1v) is 12.4. The van der Waals surface area contributed by atoms with Gasteiger partial charge in [0.05, 0.1) is 5.56 Å². The number of carbonyl (C=O) groups is 2. The standard InChI is InChI=1S/C29H26F4N6O2/c1-18-6-11-23(37-27(40)20-4-3-5-21(14-20)29(31,32)33)15-24(18)38-28(41)39(2)26-16-25(35-17-36-26)34-13-12-19-7-9-22(30)10-8-19/h3-11,14-17H,12-13H2,1-2H3,(H,37,40)(H,38,41)(H,34,35,36). The molecule has 3 aromatic carbocycles. The van der Waals surface area contributed by atoms with Gasteiger partial charge in [-0.05, 0) is 66.9 Å². The van der Waals surface area contributed by atoms with Crippen LogP contribution in [0.4, 0.5) is 45.4 Å². The summed E-state index contributed by atoms with van der Waals surface area (Å²) >= 11 is 0. The Bertz CT molecular complexity index is 1540.